The van der Waals surface area contributed by atoms with Crippen LogP contribution in [0.15, 0.2) is 41.1 Å². The van der Waals surface area contributed by atoms with E-state index in [1.807, 2.05) is 24.0 Å². The third-order valence-electron chi connectivity index (χ3n) is 3.57. The lowest BCUT2D eigenvalue weighted by Gasteiger charge is -2.15. The van der Waals surface area contributed by atoms with Crippen LogP contribution in [-0.4, -0.2) is 16.1 Å². The van der Waals surface area contributed by atoms with Crippen LogP contribution in [0.3, 0.4) is 0 Å². The molecule has 2 aromatic heterocycles. The summed E-state index contributed by atoms with van der Waals surface area (Å²) in [5.41, 5.74) is 2.11. The fraction of sp³-hybridized carbons (Fsp3) is 0.312. The summed E-state index contributed by atoms with van der Waals surface area (Å²) in [5, 5.41) is 4.58. The maximum absolute atomic E-state index is 6.08. The highest BCUT2D eigenvalue weighted by atomic mass is 16.3. The second-order valence-electron chi connectivity index (χ2n) is 5.03. The maximum atomic E-state index is 6.08. The Morgan fingerprint density at radius 1 is 1.40 bits per heavy atom. The van der Waals surface area contributed by atoms with Gasteiger partial charge in [0.15, 0.2) is 0 Å². The molecule has 0 bridgehead atoms. The molecule has 0 aliphatic rings. The lowest BCUT2D eigenvalue weighted by Crippen LogP contribution is -2.24. The molecule has 2 heterocycles. The summed E-state index contributed by atoms with van der Waals surface area (Å²) in [6, 6.07) is 8.28. The van der Waals surface area contributed by atoms with Crippen LogP contribution in [0.1, 0.15) is 30.1 Å². The molecule has 1 aromatic carbocycles. The molecule has 0 aliphatic carbocycles. The van der Waals surface area contributed by atoms with E-state index in [1.54, 1.807) is 0 Å². The number of imidazole rings is 1. The molecule has 0 spiro atoms. The maximum Gasteiger partial charge on any atom is 0.137 e. The third kappa shape index (κ3) is 2.12. The number of rotatable bonds is 4. The minimum atomic E-state index is -0.0215. The van der Waals surface area contributed by atoms with Crippen molar-refractivity contribution < 1.29 is 4.42 Å². The molecule has 3 rings (SSSR count). The average molecular weight is 269 g/mol. The highest BCUT2D eigenvalue weighted by Crippen LogP contribution is 2.29. The molecule has 0 fully saturated rings. The van der Waals surface area contributed by atoms with Crippen molar-refractivity contribution in [1.29, 1.82) is 0 Å². The number of hydrogen-bond acceptors (Lipinski definition) is 3. The van der Waals surface area contributed by atoms with Gasteiger partial charge < -0.3 is 14.3 Å². The molecule has 0 saturated heterocycles. The van der Waals surface area contributed by atoms with Crippen molar-refractivity contribution in [3.63, 3.8) is 0 Å². The molecule has 4 nitrogen and oxygen atoms in total. The Morgan fingerprint density at radius 3 is 2.90 bits per heavy atom. The van der Waals surface area contributed by atoms with Crippen molar-refractivity contribution in [2.75, 3.05) is 6.54 Å². The normalized spacial score (nSPS) is 12.9. The largest absolute Gasteiger partial charge is 0.459 e. The van der Waals surface area contributed by atoms with Gasteiger partial charge >= 0.3 is 0 Å². The van der Waals surface area contributed by atoms with Crippen LogP contribution in [0.2, 0.25) is 0 Å². The summed E-state index contributed by atoms with van der Waals surface area (Å²) in [4.78, 5) is 4.44. The molecule has 1 atom stereocenters. The quantitative estimate of drug-likeness (QED) is 0.791. The van der Waals surface area contributed by atoms with Gasteiger partial charge in [0.05, 0.1) is 0 Å². The van der Waals surface area contributed by atoms with Crippen molar-refractivity contribution in [2.45, 2.75) is 19.9 Å². The van der Waals surface area contributed by atoms with E-state index < -0.39 is 0 Å². The first kappa shape index (κ1) is 12.9. The predicted molar refractivity (Wildman–Crippen MR) is 79.7 cm³/mol. The zero-order valence-electron chi connectivity index (χ0n) is 12.1. The van der Waals surface area contributed by atoms with Gasteiger partial charge in [0.2, 0.25) is 0 Å². The van der Waals surface area contributed by atoms with Crippen LogP contribution in [0.4, 0.5) is 0 Å². The first-order chi connectivity index (χ1) is 9.70. The van der Waals surface area contributed by atoms with E-state index in [0.29, 0.717) is 0 Å². The first-order valence-electron chi connectivity index (χ1n) is 6.90. The second kappa shape index (κ2) is 5.13. The van der Waals surface area contributed by atoms with E-state index in [2.05, 4.69) is 48.4 Å². The van der Waals surface area contributed by atoms with Gasteiger partial charge in [-0.1, -0.05) is 25.1 Å². The van der Waals surface area contributed by atoms with Gasteiger partial charge in [-0.15, -0.1) is 0 Å². The Morgan fingerprint density at radius 2 is 2.25 bits per heavy atom. The molecule has 1 N–H and O–H groups in total. The topological polar surface area (TPSA) is 43.0 Å². The number of para-hydroxylation sites is 1. The van der Waals surface area contributed by atoms with Crippen molar-refractivity contribution in [3.8, 4) is 0 Å². The van der Waals surface area contributed by atoms with E-state index in [1.165, 1.54) is 0 Å². The molecule has 0 saturated carbocycles. The number of nitrogens with one attached hydrogen (secondary N) is 1. The van der Waals surface area contributed by atoms with Crippen LogP contribution in [0, 0.1) is 6.92 Å². The van der Waals surface area contributed by atoms with Crippen molar-refractivity contribution in [3.05, 3.63) is 53.8 Å². The van der Waals surface area contributed by atoms with Gasteiger partial charge in [-0.3, -0.25) is 0 Å². The molecule has 3 aromatic rings. The summed E-state index contributed by atoms with van der Waals surface area (Å²) < 4.78 is 8.10. The van der Waals surface area contributed by atoms with Gasteiger partial charge in [0.1, 0.15) is 23.2 Å². The minimum Gasteiger partial charge on any atom is -0.459 e. The average Bonchev–Trinajstić information content (AvgIpc) is 3.03. The summed E-state index contributed by atoms with van der Waals surface area (Å²) in [7, 11) is 2.00. The zero-order chi connectivity index (χ0) is 14.1. The molecule has 0 amide bonds. The van der Waals surface area contributed by atoms with Crippen molar-refractivity contribution in [2.24, 2.45) is 7.05 Å². The van der Waals surface area contributed by atoms with Crippen LogP contribution in [0.25, 0.3) is 11.0 Å². The van der Waals surface area contributed by atoms with Crippen molar-refractivity contribution in [1.82, 2.24) is 14.9 Å². The standard InChI is InChI=1S/C16H19N3O/c1-4-17-14(16-18-8-9-19(16)3)13-10-12-7-5-6-11(2)15(12)20-13/h5-10,14,17H,4H2,1-3H3. The lowest BCUT2D eigenvalue weighted by molar-refractivity contribution is 0.456. The highest BCUT2D eigenvalue weighted by Gasteiger charge is 2.21. The number of aromatic nitrogens is 2. The predicted octanol–water partition coefficient (Wildman–Crippen LogP) is 3.17. The fourth-order valence-corrected chi connectivity index (χ4v) is 2.55. The molecule has 20 heavy (non-hydrogen) atoms. The van der Waals surface area contributed by atoms with Crippen LogP contribution in [0.5, 0.6) is 0 Å². The smallest absolute Gasteiger partial charge is 0.137 e. The molecule has 0 radical (unpaired) electrons. The highest BCUT2D eigenvalue weighted by molar-refractivity contribution is 5.81. The summed E-state index contributed by atoms with van der Waals surface area (Å²) in [5.74, 6) is 1.87. The number of nitrogens with zero attached hydrogens (tertiary/aromatic N) is 2. The minimum absolute atomic E-state index is 0.0215. The molecule has 104 valence electrons. The summed E-state index contributed by atoms with van der Waals surface area (Å²) >= 11 is 0. The Balaban J connectivity index is 2.10. The van der Waals surface area contributed by atoms with Crippen LogP contribution >= 0.6 is 0 Å². The zero-order valence-corrected chi connectivity index (χ0v) is 12.1. The number of hydrogen-bond donors (Lipinski definition) is 1. The van der Waals surface area contributed by atoms with Gasteiger partial charge in [-0.2, -0.15) is 0 Å². The third-order valence-corrected chi connectivity index (χ3v) is 3.57. The Bertz CT molecular complexity index is 726. The summed E-state index contributed by atoms with van der Waals surface area (Å²) in [6.45, 7) is 5.01. The number of furan rings is 1. The van der Waals surface area contributed by atoms with E-state index in [4.69, 9.17) is 4.42 Å². The second-order valence-corrected chi connectivity index (χ2v) is 5.03. The SMILES string of the molecule is CCNC(c1cc2cccc(C)c2o1)c1nccn1C. The Labute approximate surface area is 118 Å². The van der Waals surface area contributed by atoms with E-state index in [0.717, 1.165) is 34.7 Å². The molecule has 1 unspecified atom stereocenters. The fourth-order valence-electron chi connectivity index (χ4n) is 2.55. The molecular formula is C16H19N3O. The molecular weight excluding hydrogens is 250 g/mol. The van der Waals surface area contributed by atoms with Gasteiger partial charge in [-0.25, -0.2) is 4.98 Å². The number of benzene rings is 1. The number of fused-ring (bicyclic) bond motifs is 1. The first-order valence-corrected chi connectivity index (χ1v) is 6.90. The molecule has 4 heteroatoms. The van der Waals surface area contributed by atoms with Crippen molar-refractivity contribution >= 4 is 11.0 Å². The van der Waals surface area contributed by atoms with E-state index in [9.17, 15) is 0 Å². The lowest BCUT2D eigenvalue weighted by atomic mass is 10.1. The van der Waals surface area contributed by atoms with Gasteiger partial charge in [0.25, 0.3) is 0 Å². The van der Waals surface area contributed by atoms with Crippen LogP contribution < -0.4 is 5.32 Å². The van der Waals surface area contributed by atoms with E-state index >= 15 is 0 Å². The monoisotopic (exact) mass is 269 g/mol. The Hall–Kier alpha value is -2.07. The van der Waals surface area contributed by atoms with Gasteiger partial charge in [-0.05, 0) is 25.1 Å². The van der Waals surface area contributed by atoms with Crippen LogP contribution in [-0.2, 0) is 7.05 Å². The number of aryl methyl sites for hydroxylation is 2. The summed E-state index contributed by atoms with van der Waals surface area (Å²) in [6.07, 6.45) is 3.77. The Kier molecular flexibility index (Phi) is 3.32. The van der Waals surface area contributed by atoms with Gasteiger partial charge in [0, 0.05) is 24.8 Å². The van der Waals surface area contributed by atoms with E-state index in [-0.39, 0.29) is 6.04 Å². The molecule has 0 aliphatic heterocycles.